The predicted octanol–water partition coefficient (Wildman–Crippen LogP) is -0.535. The van der Waals surface area contributed by atoms with Crippen LogP contribution in [0.25, 0.3) is 5.76 Å². The Labute approximate surface area is 209 Å². The molecule has 5 rings (SSSR count). The first-order valence-electron chi connectivity index (χ1n) is 11.7. The number of phenols is 1. The molecule has 3 atom stereocenters. The zero-order chi connectivity index (χ0) is 26.8. The number of benzene rings is 1. The van der Waals surface area contributed by atoms with Gasteiger partial charge in [0.25, 0.3) is 17.6 Å². The highest BCUT2D eigenvalue weighted by Crippen LogP contribution is 2.52. The average Bonchev–Trinajstić information content (AvgIpc) is 2.86. The van der Waals surface area contributed by atoms with Crippen LogP contribution in [0.1, 0.15) is 34.3 Å². The maximum atomic E-state index is 13.5. The van der Waals surface area contributed by atoms with Crippen molar-refractivity contribution in [1.82, 2.24) is 4.90 Å². The number of aliphatic hydroxyl groups excluding tert-OH is 2. The zero-order valence-electron chi connectivity index (χ0n) is 19.5. The van der Waals surface area contributed by atoms with Crippen LogP contribution >= 0.6 is 0 Å². The topological polar surface area (TPSA) is 205 Å². The van der Waals surface area contributed by atoms with E-state index in [1.165, 1.54) is 11.0 Å². The van der Waals surface area contributed by atoms with E-state index in [9.17, 15) is 44.4 Å². The molecule has 12 nitrogen and oxygen atoms in total. The third-order valence-corrected chi connectivity index (χ3v) is 7.68. The molecule has 0 unspecified atom stereocenters. The number of amides is 2. The molecular formula is C25H24N2O10. The van der Waals surface area contributed by atoms with Gasteiger partial charge in [-0.2, -0.15) is 0 Å². The quantitative estimate of drug-likeness (QED) is 0.199. The smallest absolute Gasteiger partial charge is 0.295 e. The van der Waals surface area contributed by atoms with Crippen molar-refractivity contribution in [1.29, 1.82) is 0 Å². The van der Waals surface area contributed by atoms with Crippen LogP contribution in [0.3, 0.4) is 0 Å². The molecule has 2 fully saturated rings. The second-order valence-electron chi connectivity index (χ2n) is 9.63. The Morgan fingerprint density at radius 2 is 1.73 bits per heavy atom. The number of morpholine rings is 1. The molecule has 37 heavy (non-hydrogen) atoms. The number of rotatable bonds is 3. The molecule has 2 amide bonds. The third-order valence-electron chi connectivity index (χ3n) is 7.68. The van der Waals surface area contributed by atoms with Crippen LogP contribution in [0, 0.1) is 11.8 Å². The Bertz CT molecular complexity index is 1350. The van der Waals surface area contributed by atoms with Gasteiger partial charge in [-0.15, -0.1) is 0 Å². The van der Waals surface area contributed by atoms with Crippen LogP contribution in [0.2, 0.25) is 0 Å². The van der Waals surface area contributed by atoms with E-state index in [0.717, 1.165) is 6.07 Å². The number of nitrogens with two attached hydrogens (primary N) is 1. The fourth-order valence-corrected chi connectivity index (χ4v) is 5.86. The fourth-order valence-electron chi connectivity index (χ4n) is 5.86. The Morgan fingerprint density at radius 1 is 1.05 bits per heavy atom. The number of aliphatic hydroxyl groups is 3. The first kappa shape index (κ1) is 24.7. The van der Waals surface area contributed by atoms with E-state index >= 15 is 0 Å². The number of primary amides is 1. The molecule has 0 radical (unpaired) electrons. The predicted molar refractivity (Wildman–Crippen MR) is 123 cm³/mol. The van der Waals surface area contributed by atoms with Gasteiger partial charge < -0.3 is 35.8 Å². The zero-order valence-corrected chi connectivity index (χ0v) is 19.5. The van der Waals surface area contributed by atoms with Gasteiger partial charge in [0.1, 0.15) is 22.8 Å². The largest absolute Gasteiger partial charge is 0.508 e. The number of carbonyl (C=O) groups is 5. The second kappa shape index (κ2) is 8.53. The molecule has 1 aliphatic heterocycles. The summed E-state index contributed by atoms with van der Waals surface area (Å²) in [6.07, 6.45) is -0.604. The Kier molecular flexibility index (Phi) is 5.68. The summed E-state index contributed by atoms with van der Waals surface area (Å²) in [7, 11) is 0. The number of nitrogens with zero attached hydrogens (tertiary/aromatic N) is 1. The number of hydrogen-bond donors (Lipinski definition) is 5. The van der Waals surface area contributed by atoms with E-state index in [1.807, 2.05) is 0 Å². The van der Waals surface area contributed by atoms with Crippen LogP contribution in [-0.4, -0.2) is 86.4 Å². The molecule has 0 bridgehead atoms. The minimum absolute atomic E-state index is 0.0540. The fraction of sp³-hybridized carbons (Fsp3) is 0.400. The van der Waals surface area contributed by atoms with Crippen LogP contribution in [-0.2, 0) is 30.3 Å². The van der Waals surface area contributed by atoms with Crippen molar-refractivity contribution in [2.45, 2.75) is 24.9 Å². The van der Waals surface area contributed by atoms with E-state index in [1.54, 1.807) is 0 Å². The van der Waals surface area contributed by atoms with E-state index in [2.05, 4.69) is 0 Å². The van der Waals surface area contributed by atoms with Gasteiger partial charge >= 0.3 is 0 Å². The highest BCUT2D eigenvalue weighted by atomic mass is 16.5. The highest BCUT2D eigenvalue weighted by molar-refractivity contribution is 6.43. The molecule has 1 aromatic rings. The molecule has 1 saturated heterocycles. The van der Waals surface area contributed by atoms with Gasteiger partial charge in [0.05, 0.1) is 18.8 Å². The minimum Gasteiger partial charge on any atom is -0.508 e. The number of fused-ring (bicyclic) bond motifs is 3. The summed E-state index contributed by atoms with van der Waals surface area (Å²) in [6.45, 7) is 1.03. The number of ketones is 3. The molecule has 1 aromatic carbocycles. The standard InChI is InChI=1S/C25H24N2O10/c26-23(34)18-15(29)9-11-7-10-8-13-12(19(30)24(35)27-3-5-37-6-4-27)1-2-14(28)17(13)20(31)16(10)21(32)25(11,36)22(18)33/h1-2,10-11,28,31,33,36H,3-9H2,(H2,26,34)/t10-,11+,25+/m1/s1. The van der Waals surface area contributed by atoms with Gasteiger partial charge in [-0.1, -0.05) is 0 Å². The molecule has 12 heteroatoms. The summed E-state index contributed by atoms with van der Waals surface area (Å²) < 4.78 is 5.21. The molecule has 1 saturated carbocycles. The Morgan fingerprint density at radius 3 is 2.38 bits per heavy atom. The van der Waals surface area contributed by atoms with Crippen LogP contribution in [0.4, 0.5) is 0 Å². The van der Waals surface area contributed by atoms with Crippen molar-refractivity contribution in [3.63, 3.8) is 0 Å². The molecule has 4 aliphatic rings. The van der Waals surface area contributed by atoms with E-state index < -0.39 is 75.9 Å². The van der Waals surface area contributed by atoms with Gasteiger partial charge in [0.2, 0.25) is 5.78 Å². The highest BCUT2D eigenvalue weighted by Gasteiger charge is 2.60. The SMILES string of the molecule is NC(=O)C1=C(O)[C@@]2(O)C(=O)C3=C(O)c4c(O)ccc(C(=O)C(=O)N5CCOCC5)c4C[C@H]3C[C@H]2CC1=O. The Balaban J connectivity index is 1.61. The van der Waals surface area contributed by atoms with Gasteiger partial charge in [-0.25, -0.2) is 0 Å². The lowest BCUT2D eigenvalue weighted by Gasteiger charge is -2.46. The molecule has 3 aliphatic carbocycles. The van der Waals surface area contributed by atoms with Gasteiger partial charge in [-0.05, 0) is 36.5 Å². The molecule has 0 aromatic heterocycles. The number of ether oxygens (including phenoxy) is 1. The first-order chi connectivity index (χ1) is 17.5. The van der Waals surface area contributed by atoms with E-state index in [-0.39, 0.29) is 61.4 Å². The van der Waals surface area contributed by atoms with Crippen molar-refractivity contribution in [2.75, 3.05) is 26.3 Å². The molecular weight excluding hydrogens is 488 g/mol. The summed E-state index contributed by atoms with van der Waals surface area (Å²) in [6, 6.07) is 2.38. The molecule has 6 N–H and O–H groups in total. The maximum absolute atomic E-state index is 13.5. The summed E-state index contributed by atoms with van der Waals surface area (Å²) in [4.78, 5) is 65.1. The molecule has 1 heterocycles. The molecule has 194 valence electrons. The average molecular weight is 512 g/mol. The van der Waals surface area contributed by atoms with Crippen molar-refractivity contribution in [2.24, 2.45) is 17.6 Å². The second-order valence-corrected chi connectivity index (χ2v) is 9.63. The lowest BCUT2D eigenvalue weighted by Crippen LogP contribution is -2.58. The van der Waals surface area contributed by atoms with Crippen molar-refractivity contribution in [3.05, 3.63) is 45.7 Å². The van der Waals surface area contributed by atoms with E-state index in [4.69, 9.17) is 10.5 Å². The lowest BCUT2D eigenvalue weighted by molar-refractivity contribution is -0.147. The van der Waals surface area contributed by atoms with E-state index in [0.29, 0.717) is 0 Å². The van der Waals surface area contributed by atoms with Crippen LogP contribution < -0.4 is 5.73 Å². The number of phenolic OH excluding ortho intramolecular Hbond substituents is 1. The first-order valence-corrected chi connectivity index (χ1v) is 11.7. The summed E-state index contributed by atoms with van der Waals surface area (Å²) in [5, 5.41) is 43.5. The third kappa shape index (κ3) is 3.47. The summed E-state index contributed by atoms with van der Waals surface area (Å²) >= 11 is 0. The summed E-state index contributed by atoms with van der Waals surface area (Å²) in [5.41, 5.74) is 1.15. The monoisotopic (exact) mass is 512 g/mol. The van der Waals surface area contributed by atoms with Crippen LogP contribution in [0.15, 0.2) is 29.0 Å². The Hall–Kier alpha value is -4.03. The maximum Gasteiger partial charge on any atom is 0.295 e. The lowest BCUT2D eigenvalue weighted by atomic mass is 9.59. The van der Waals surface area contributed by atoms with Crippen LogP contribution in [0.5, 0.6) is 5.75 Å². The molecule has 0 spiro atoms. The number of hydrogen-bond acceptors (Lipinski definition) is 10. The van der Waals surface area contributed by atoms with Crippen molar-refractivity contribution >= 4 is 34.9 Å². The van der Waals surface area contributed by atoms with Gasteiger partial charge in [0.15, 0.2) is 11.4 Å². The number of aromatic hydroxyl groups is 1. The van der Waals surface area contributed by atoms with Crippen molar-refractivity contribution < 1.29 is 49.1 Å². The minimum atomic E-state index is -2.68. The number of carbonyl (C=O) groups excluding carboxylic acids is 5. The number of Topliss-reactive ketones (excluding diaryl/α,β-unsaturated/α-hetero) is 3. The van der Waals surface area contributed by atoms with Gasteiger partial charge in [0, 0.05) is 36.6 Å². The van der Waals surface area contributed by atoms with Crippen molar-refractivity contribution in [3.8, 4) is 5.75 Å². The normalized spacial score (nSPS) is 27.4. The van der Waals surface area contributed by atoms with Gasteiger partial charge in [-0.3, -0.25) is 24.0 Å². The summed E-state index contributed by atoms with van der Waals surface area (Å²) in [5.74, 6) is -9.20.